The van der Waals surface area contributed by atoms with Crippen molar-refractivity contribution >= 4 is 33.8 Å². The fourth-order valence-corrected chi connectivity index (χ4v) is 3.26. The lowest BCUT2D eigenvalue weighted by molar-refractivity contribution is 0.0932. The van der Waals surface area contributed by atoms with Crippen LogP contribution in [-0.4, -0.2) is 10.9 Å². The predicted molar refractivity (Wildman–Crippen MR) is 87.5 cm³/mol. The third-order valence-electron chi connectivity index (χ3n) is 3.53. The number of thiophene rings is 1. The number of nitrogens with two attached hydrogens (primary N) is 1. The number of carbonyl (C=O) groups is 1. The highest BCUT2D eigenvalue weighted by molar-refractivity contribution is 7.10. The van der Waals surface area contributed by atoms with Crippen molar-refractivity contribution in [3.8, 4) is 0 Å². The first-order valence-corrected chi connectivity index (χ1v) is 7.78. The van der Waals surface area contributed by atoms with Gasteiger partial charge in [0.1, 0.15) is 5.69 Å². The largest absolute Gasteiger partial charge is 0.397 e. The number of para-hydroxylation sites is 1. The summed E-state index contributed by atoms with van der Waals surface area (Å²) in [5.41, 5.74) is 7.91. The SMILES string of the molecule is CCC(NC(=O)c1cc2cccc(N)c2[nH]1)c1cccs1. The van der Waals surface area contributed by atoms with Crippen molar-refractivity contribution in [3.05, 3.63) is 52.3 Å². The Kier molecular flexibility index (Phi) is 3.66. The minimum Gasteiger partial charge on any atom is -0.397 e. The molecule has 4 nitrogen and oxygen atoms in total. The summed E-state index contributed by atoms with van der Waals surface area (Å²) < 4.78 is 0. The van der Waals surface area contributed by atoms with Gasteiger partial charge in [-0.1, -0.05) is 25.1 Å². The Labute approximate surface area is 127 Å². The molecule has 0 saturated heterocycles. The van der Waals surface area contributed by atoms with Gasteiger partial charge >= 0.3 is 0 Å². The van der Waals surface area contributed by atoms with Crippen LogP contribution in [0.5, 0.6) is 0 Å². The van der Waals surface area contributed by atoms with Crippen LogP contribution in [0.4, 0.5) is 5.69 Å². The van der Waals surface area contributed by atoms with Gasteiger partial charge in [-0.25, -0.2) is 0 Å². The molecular formula is C16H17N3OS. The maximum Gasteiger partial charge on any atom is 0.268 e. The zero-order valence-corrected chi connectivity index (χ0v) is 12.5. The van der Waals surface area contributed by atoms with Crippen LogP contribution in [0.3, 0.4) is 0 Å². The number of nitrogen functional groups attached to an aromatic ring is 1. The summed E-state index contributed by atoms with van der Waals surface area (Å²) in [6, 6.07) is 11.6. The number of benzene rings is 1. The molecule has 5 heteroatoms. The van der Waals surface area contributed by atoms with Gasteiger partial charge in [-0.2, -0.15) is 0 Å². The zero-order chi connectivity index (χ0) is 14.8. The minimum absolute atomic E-state index is 0.0428. The minimum atomic E-state index is -0.106. The maximum absolute atomic E-state index is 12.4. The number of fused-ring (bicyclic) bond motifs is 1. The number of H-pyrrole nitrogens is 1. The van der Waals surface area contributed by atoms with Crippen molar-refractivity contribution in [3.63, 3.8) is 0 Å². The van der Waals surface area contributed by atoms with E-state index in [-0.39, 0.29) is 11.9 Å². The van der Waals surface area contributed by atoms with Crippen molar-refractivity contribution in [1.82, 2.24) is 10.3 Å². The topological polar surface area (TPSA) is 70.9 Å². The maximum atomic E-state index is 12.4. The molecule has 3 rings (SSSR count). The van der Waals surface area contributed by atoms with Crippen molar-refractivity contribution in [1.29, 1.82) is 0 Å². The Balaban J connectivity index is 1.85. The molecule has 1 atom stereocenters. The molecule has 3 aromatic rings. The summed E-state index contributed by atoms with van der Waals surface area (Å²) in [6.07, 6.45) is 0.856. The quantitative estimate of drug-likeness (QED) is 0.643. The van der Waals surface area contributed by atoms with Crippen LogP contribution >= 0.6 is 11.3 Å². The van der Waals surface area contributed by atoms with E-state index in [1.807, 2.05) is 41.8 Å². The van der Waals surface area contributed by atoms with Gasteiger partial charge in [-0.3, -0.25) is 4.79 Å². The molecule has 0 bridgehead atoms. The van der Waals surface area contributed by atoms with Crippen LogP contribution in [0.2, 0.25) is 0 Å². The number of amides is 1. The lowest BCUT2D eigenvalue weighted by Crippen LogP contribution is -2.27. The van der Waals surface area contributed by atoms with Gasteiger partial charge in [0.2, 0.25) is 0 Å². The molecule has 0 saturated carbocycles. The molecular weight excluding hydrogens is 282 g/mol. The summed E-state index contributed by atoms with van der Waals surface area (Å²) >= 11 is 1.66. The molecule has 2 heterocycles. The predicted octanol–water partition coefficient (Wildman–Crippen LogP) is 3.69. The number of aromatic amines is 1. The first-order chi connectivity index (χ1) is 10.2. The molecule has 108 valence electrons. The standard InChI is InChI=1S/C16H17N3OS/c1-2-12(14-7-4-8-21-14)19-16(20)13-9-10-5-3-6-11(17)15(10)18-13/h3-9,12,18H,2,17H2,1H3,(H,19,20). The Bertz CT molecular complexity index is 761. The summed E-state index contributed by atoms with van der Waals surface area (Å²) in [7, 11) is 0. The third-order valence-corrected chi connectivity index (χ3v) is 4.52. The van der Waals surface area contributed by atoms with E-state index in [1.165, 1.54) is 4.88 Å². The van der Waals surface area contributed by atoms with Gasteiger partial charge in [-0.05, 0) is 30.0 Å². The van der Waals surface area contributed by atoms with E-state index < -0.39 is 0 Å². The Morgan fingerprint density at radius 2 is 2.24 bits per heavy atom. The lowest BCUT2D eigenvalue weighted by Gasteiger charge is -2.14. The van der Waals surface area contributed by atoms with Gasteiger partial charge in [0.15, 0.2) is 0 Å². The molecule has 21 heavy (non-hydrogen) atoms. The van der Waals surface area contributed by atoms with Crippen LogP contribution < -0.4 is 11.1 Å². The first kappa shape index (κ1) is 13.7. The van der Waals surface area contributed by atoms with Crippen LogP contribution in [-0.2, 0) is 0 Å². The van der Waals surface area contributed by atoms with Crippen molar-refractivity contribution < 1.29 is 4.79 Å². The van der Waals surface area contributed by atoms with Crippen LogP contribution in [0.25, 0.3) is 10.9 Å². The highest BCUT2D eigenvalue weighted by Crippen LogP contribution is 2.24. The second-order valence-electron chi connectivity index (χ2n) is 4.94. The van der Waals surface area contributed by atoms with E-state index in [4.69, 9.17) is 5.73 Å². The van der Waals surface area contributed by atoms with Gasteiger partial charge in [0.05, 0.1) is 17.2 Å². The number of anilines is 1. The van der Waals surface area contributed by atoms with E-state index in [1.54, 1.807) is 11.3 Å². The second kappa shape index (κ2) is 5.61. The highest BCUT2D eigenvalue weighted by Gasteiger charge is 2.16. The van der Waals surface area contributed by atoms with E-state index in [9.17, 15) is 4.79 Å². The average molecular weight is 299 g/mol. The fraction of sp³-hybridized carbons (Fsp3) is 0.188. The fourth-order valence-electron chi connectivity index (χ4n) is 2.40. The van der Waals surface area contributed by atoms with E-state index in [0.717, 1.165) is 17.3 Å². The molecule has 4 N–H and O–H groups in total. The lowest BCUT2D eigenvalue weighted by atomic mass is 10.2. The number of aromatic nitrogens is 1. The normalized spacial score (nSPS) is 12.4. The number of rotatable bonds is 4. The molecule has 0 aliphatic carbocycles. The summed E-state index contributed by atoms with van der Waals surface area (Å²) in [5.74, 6) is -0.106. The first-order valence-electron chi connectivity index (χ1n) is 6.90. The molecule has 1 amide bonds. The highest BCUT2D eigenvalue weighted by atomic mass is 32.1. The van der Waals surface area contributed by atoms with Gasteiger partial charge < -0.3 is 16.0 Å². The summed E-state index contributed by atoms with van der Waals surface area (Å²) in [6.45, 7) is 2.06. The summed E-state index contributed by atoms with van der Waals surface area (Å²) in [4.78, 5) is 16.7. The Hall–Kier alpha value is -2.27. The number of hydrogen-bond acceptors (Lipinski definition) is 3. The molecule has 0 aliphatic rings. The zero-order valence-electron chi connectivity index (χ0n) is 11.7. The number of nitrogens with one attached hydrogen (secondary N) is 2. The van der Waals surface area contributed by atoms with E-state index >= 15 is 0 Å². The third kappa shape index (κ3) is 2.64. The molecule has 0 radical (unpaired) electrons. The second-order valence-corrected chi connectivity index (χ2v) is 5.92. The Morgan fingerprint density at radius 3 is 2.90 bits per heavy atom. The van der Waals surface area contributed by atoms with Gasteiger partial charge in [-0.15, -0.1) is 11.3 Å². The van der Waals surface area contributed by atoms with Crippen molar-refractivity contribution in [2.45, 2.75) is 19.4 Å². The monoisotopic (exact) mass is 299 g/mol. The van der Waals surface area contributed by atoms with E-state index in [2.05, 4.69) is 17.2 Å². The molecule has 0 spiro atoms. The summed E-state index contributed by atoms with van der Waals surface area (Å²) in [5, 5.41) is 6.04. The molecule has 2 aromatic heterocycles. The van der Waals surface area contributed by atoms with Crippen LogP contribution in [0, 0.1) is 0 Å². The number of hydrogen-bond donors (Lipinski definition) is 3. The van der Waals surface area contributed by atoms with Crippen molar-refractivity contribution in [2.75, 3.05) is 5.73 Å². The molecule has 1 aromatic carbocycles. The Morgan fingerprint density at radius 1 is 1.38 bits per heavy atom. The van der Waals surface area contributed by atoms with Gasteiger partial charge in [0.25, 0.3) is 5.91 Å². The molecule has 1 unspecified atom stereocenters. The van der Waals surface area contributed by atoms with Crippen LogP contribution in [0.1, 0.15) is 34.8 Å². The smallest absolute Gasteiger partial charge is 0.268 e. The van der Waals surface area contributed by atoms with E-state index in [0.29, 0.717) is 11.4 Å². The number of carbonyl (C=O) groups excluding carboxylic acids is 1. The molecule has 0 aliphatic heterocycles. The van der Waals surface area contributed by atoms with Crippen molar-refractivity contribution in [2.24, 2.45) is 0 Å². The molecule has 0 fully saturated rings. The van der Waals surface area contributed by atoms with Crippen LogP contribution in [0.15, 0.2) is 41.8 Å². The average Bonchev–Trinajstić information content (AvgIpc) is 3.14. The van der Waals surface area contributed by atoms with Gasteiger partial charge in [0, 0.05) is 10.3 Å².